The second kappa shape index (κ2) is 6.71. The number of aromatic nitrogens is 1. The van der Waals surface area contributed by atoms with Crippen molar-refractivity contribution in [3.05, 3.63) is 59.8 Å². The average molecular weight is 309 g/mol. The first kappa shape index (κ1) is 16.0. The van der Waals surface area contributed by atoms with Gasteiger partial charge in [-0.3, -0.25) is 4.90 Å². The van der Waals surface area contributed by atoms with Gasteiger partial charge in [-0.15, -0.1) is 0 Å². The summed E-state index contributed by atoms with van der Waals surface area (Å²) in [5, 5.41) is 0. The lowest BCUT2D eigenvalue weighted by Crippen LogP contribution is -2.46. The van der Waals surface area contributed by atoms with Gasteiger partial charge in [0.25, 0.3) is 0 Å². The molecule has 23 heavy (non-hydrogen) atoms. The Morgan fingerprint density at radius 3 is 2.17 bits per heavy atom. The highest BCUT2D eigenvalue weighted by molar-refractivity contribution is 5.38. The molecule has 0 unspecified atom stereocenters. The van der Waals surface area contributed by atoms with E-state index in [2.05, 4.69) is 72.0 Å². The van der Waals surface area contributed by atoms with Crippen molar-refractivity contribution in [3.8, 4) is 0 Å². The Morgan fingerprint density at radius 1 is 0.913 bits per heavy atom. The van der Waals surface area contributed by atoms with E-state index in [1.165, 1.54) is 11.1 Å². The molecule has 0 N–H and O–H groups in total. The number of nitrogens with zero attached hydrogens (tertiary/aromatic N) is 3. The highest BCUT2D eigenvalue weighted by Crippen LogP contribution is 2.22. The van der Waals surface area contributed by atoms with Gasteiger partial charge in [-0.2, -0.15) is 0 Å². The van der Waals surface area contributed by atoms with E-state index in [0.717, 1.165) is 38.5 Å². The van der Waals surface area contributed by atoms with Crippen LogP contribution in [0.2, 0.25) is 0 Å². The van der Waals surface area contributed by atoms with Crippen LogP contribution in [-0.4, -0.2) is 36.1 Å². The van der Waals surface area contributed by atoms with E-state index < -0.39 is 0 Å². The molecule has 1 saturated heterocycles. The minimum absolute atomic E-state index is 0.229. The van der Waals surface area contributed by atoms with Crippen LogP contribution in [0.5, 0.6) is 0 Å². The molecular weight excluding hydrogens is 282 g/mol. The maximum absolute atomic E-state index is 4.45. The summed E-state index contributed by atoms with van der Waals surface area (Å²) in [6, 6.07) is 15.3. The van der Waals surface area contributed by atoms with Crippen molar-refractivity contribution >= 4 is 5.82 Å². The van der Waals surface area contributed by atoms with E-state index in [9.17, 15) is 0 Å². The molecule has 1 aromatic heterocycles. The molecule has 122 valence electrons. The molecule has 0 aliphatic carbocycles. The van der Waals surface area contributed by atoms with Crippen LogP contribution in [0.4, 0.5) is 5.82 Å². The van der Waals surface area contributed by atoms with Gasteiger partial charge in [-0.05, 0) is 28.7 Å². The van der Waals surface area contributed by atoms with E-state index in [0.29, 0.717) is 0 Å². The minimum Gasteiger partial charge on any atom is -0.354 e. The Balaban J connectivity index is 1.55. The van der Waals surface area contributed by atoms with Gasteiger partial charge >= 0.3 is 0 Å². The molecule has 0 spiro atoms. The first-order valence-corrected chi connectivity index (χ1v) is 8.50. The SMILES string of the molecule is CC(C)(C)c1ccc(CN2CCN(c3ccccn3)CC2)cc1. The molecule has 0 amide bonds. The lowest BCUT2D eigenvalue weighted by Gasteiger charge is -2.35. The second-order valence-electron chi connectivity index (χ2n) is 7.40. The Kier molecular flexibility index (Phi) is 4.67. The first-order valence-electron chi connectivity index (χ1n) is 8.50. The Bertz CT molecular complexity index is 606. The van der Waals surface area contributed by atoms with Crippen LogP contribution in [0.15, 0.2) is 48.7 Å². The van der Waals surface area contributed by atoms with E-state index >= 15 is 0 Å². The van der Waals surface area contributed by atoms with Crippen LogP contribution in [0.1, 0.15) is 31.9 Å². The van der Waals surface area contributed by atoms with Gasteiger partial charge in [0.2, 0.25) is 0 Å². The Labute approximate surface area is 140 Å². The molecule has 0 radical (unpaired) electrons. The van der Waals surface area contributed by atoms with Gasteiger partial charge in [0.1, 0.15) is 5.82 Å². The molecule has 1 aliphatic heterocycles. The molecule has 1 fully saturated rings. The van der Waals surface area contributed by atoms with Gasteiger partial charge in [-0.25, -0.2) is 4.98 Å². The normalized spacial score (nSPS) is 16.6. The van der Waals surface area contributed by atoms with E-state index in [-0.39, 0.29) is 5.41 Å². The summed E-state index contributed by atoms with van der Waals surface area (Å²) in [6.45, 7) is 12.1. The first-order chi connectivity index (χ1) is 11.0. The summed E-state index contributed by atoms with van der Waals surface area (Å²) in [4.78, 5) is 9.36. The molecule has 2 heterocycles. The fraction of sp³-hybridized carbons (Fsp3) is 0.450. The smallest absolute Gasteiger partial charge is 0.128 e. The number of rotatable bonds is 3. The number of benzene rings is 1. The molecule has 3 heteroatoms. The highest BCUT2D eigenvalue weighted by Gasteiger charge is 2.18. The monoisotopic (exact) mass is 309 g/mol. The van der Waals surface area contributed by atoms with Crippen LogP contribution in [0.25, 0.3) is 0 Å². The minimum atomic E-state index is 0.229. The Hall–Kier alpha value is -1.87. The molecule has 1 aliphatic rings. The standard InChI is InChI=1S/C20H27N3/c1-20(2,3)18-9-7-17(8-10-18)16-22-12-14-23(15-13-22)19-6-4-5-11-21-19/h4-11H,12-16H2,1-3H3. The summed E-state index contributed by atoms with van der Waals surface area (Å²) in [7, 11) is 0. The predicted molar refractivity (Wildman–Crippen MR) is 96.9 cm³/mol. The van der Waals surface area contributed by atoms with E-state index in [1.54, 1.807) is 0 Å². The van der Waals surface area contributed by atoms with Crippen molar-refractivity contribution in [1.82, 2.24) is 9.88 Å². The largest absolute Gasteiger partial charge is 0.354 e. The molecule has 0 bridgehead atoms. The third kappa shape index (κ3) is 4.11. The lowest BCUT2D eigenvalue weighted by atomic mass is 9.87. The van der Waals surface area contributed by atoms with Crippen molar-refractivity contribution < 1.29 is 0 Å². The van der Waals surface area contributed by atoms with Gasteiger partial charge in [0.15, 0.2) is 0 Å². The third-order valence-corrected chi connectivity index (χ3v) is 4.57. The van der Waals surface area contributed by atoms with Crippen molar-refractivity contribution in [2.24, 2.45) is 0 Å². The summed E-state index contributed by atoms with van der Waals surface area (Å²) in [5.41, 5.74) is 3.04. The van der Waals surface area contributed by atoms with Gasteiger partial charge < -0.3 is 4.90 Å². The topological polar surface area (TPSA) is 19.4 Å². The summed E-state index contributed by atoms with van der Waals surface area (Å²) >= 11 is 0. The molecule has 1 aromatic carbocycles. The molecule has 3 rings (SSSR count). The number of piperazine rings is 1. The molecule has 0 saturated carbocycles. The summed E-state index contributed by atoms with van der Waals surface area (Å²) < 4.78 is 0. The van der Waals surface area contributed by atoms with Crippen LogP contribution >= 0.6 is 0 Å². The highest BCUT2D eigenvalue weighted by atomic mass is 15.3. The lowest BCUT2D eigenvalue weighted by molar-refractivity contribution is 0.249. The van der Waals surface area contributed by atoms with Crippen LogP contribution in [0.3, 0.4) is 0 Å². The predicted octanol–water partition coefficient (Wildman–Crippen LogP) is 3.70. The average Bonchev–Trinajstić information content (AvgIpc) is 2.56. The maximum atomic E-state index is 4.45. The van der Waals surface area contributed by atoms with E-state index in [4.69, 9.17) is 0 Å². The fourth-order valence-electron chi connectivity index (χ4n) is 3.04. The Morgan fingerprint density at radius 2 is 1.61 bits per heavy atom. The summed E-state index contributed by atoms with van der Waals surface area (Å²) in [5.74, 6) is 1.10. The third-order valence-electron chi connectivity index (χ3n) is 4.57. The molecular formula is C20H27N3. The zero-order valence-electron chi connectivity index (χ0n) is 14.5. The maximum Gasteiger partial charge on any atom is 0.128 e. The van der Waals surface area contributed by atoms with Gasteiger partial charge in [0, 0.05) is 38.9 Å². The molecule has 3 nitrogen and oxygen atoms in total. The number of pyridine rings is 1. The molecule has 2 aromatic rings. The number of anilines is 1. The van der Waals surface area contributed by atoms with Crippen molar-refractivity contribution in [2.45, 2.75) is 32.7 Å². The van der Waals surface area contributed by atoms with Crippen LogP contribution in [-0.2, 0) is 12.0 Å². The fourth-order valence-corrected chi connectivity index (χ4v) is 3.04. The zero-order valence-corrected chi connectivity index (χ0v) is 14.5. The van der Waals surface area contributed by atoms with Crippen molar-refractivity contribution in [1.29, 1.82) is 0 Å². The van der Waals surface area contributed by atoms with Crippen molar-refractivity contribution in [3.63, 3.8) is 0 Å². The molecule has 0 atom stereocenters. The zero-order chi connectivity index (χ0) is 16.3. The summed E-state index contributed by atoms with van der Waals surface area (Å²) in [6.07, 6.45) is 1.87. The van der Waals surface area contributed by atoms with Crippen molar-refractivity contribution in [2.75, 3.05) is 31.1 Å². The quantitative estimate of drug-likeness (QED) is 0.862. The van der Waals surface area contributed by atoms with Crippen LogP contribution < -0.4 is 4.90 Å². The number of hydrogen-bond acceptors (Lipinski definition) is 3. The second-order valence-corrected chi connectivity index (χ2v) is 7.40. The van der Waals surface area contributed by atoms with Gasteiger partial charge in [0.05, 0.1) is 0 Å². The van der Waals surface area contributed by atoms with E-state index in [1.807, 2.05) is 12.3 Å². The van der Waals surface area contributed by atoms with Gasteiger partial charge in [-0.1, -0.05) is 51.1 Å². The number of hydrogen-bond donors (Lipinski definition) is 0. The van der Waals surface area contributed by atoms with Crippen LogP contribution in [0, 0.1) is 0 Å².